The predicted octanol–water partition coefficient (Wildman–Crippen LogP) is 1.34. The molecule has 0 fully saturated rings. The van der Waals surface area contributed by atoms with Crippen molar-refractivity contribution in [3.05, 3.63) is 28.3 Å². The highest BCUT2D eigenvalue weighted by atomic mass is 16.7. The summed E-state index contributed by atoms with van der Waals surface area (Å²) >= 11 is 0. The normalized spacial score (nSPS) is 18.6. The maximum Gasteiger partial charge on any atom is 0.314 e. The van der Waals surface area contributed by atoms with E-state index in [4.69, 9.17) is 14.2 Å². The maximum absolute atomic E-state index is 10.7. The first kappa shape index (κ1) is 9.72. The Morgan fingerprint density at radius 3 is 3.07 bits per heavy atom. The van der Waals surface area contributed by atoms with E-state index in [-0.39, 0.29) is 18.0 Å². The van der Waals surface area contributed by atoms with Gasteiger partial charge in [0, 0.05) is 13.2 Å². The number of rotatable bonds is 2. The van der Waals surface area contributed by atoms with E-state index >= 15 is 0 Å². The first-order valence-corrected chi connectivity index (χ1v) is 4.32. The molecule has 1 aromatic carbocycles. The fourth-order valence-electron chi connectivity index (χ4n) is 1.33. The van der Waals surface area contributed by atoms with Gasteiger partial charge in [-0.1, -0.05) is 6.07 Å². The number of hydrogen-bond donors (Lipinski definition) is 0. The molecule has 0 unspecified atom stereocenters. The smallest absolute Gasteiger partial charge is 0.314 e. The van der Waals surface area contributed by atoms with Crippen LogP contribution in [0.25, 0.3) is 0 Å². The molecule has 0 bridgehead atoms. The molecule has 6 heteroatoms. The molecule has 0 N–H and O–H groups in total. The fourth-order valence-corrected chi connectivity index (χ4v) is 1.33. The largest absolute Gasteiger partial charge is 0.478 e. The molecular formula is C9H9NO5. The van der Waals surface area contributed by atoms with Crippen LogP contribution in [0.1, 0.15) is 0 Å². The molecule has 80 valence electrons. The second-order valence-electron chi connectivity index (χ2n) is 2.96. The summed E-state index contributed by atoms with van der Waals surface area (Å²) in [6.45, 7) is 0.147. The van der Waals surface area contributed by atoms with Gasteiger partial charge < -0.3 is 14.2 Å². The lowest BCUT2D eigenvalue weighted by molar-refractivity contribution is -0.386. The molecule has 0 radical (unpaired) electrons. The van der Waals surface area contributed by atoms with Crippen molar-refractivity contribution in [3.8, 4) is 11.5 Å². The molecule has 1 aromatic rings. The van der Waals surface area contributed by atoms with Crippen molar-refractivity contribution in [2.75, 3.05) is 13.7 Å². The molecule has 2 rings (SSSR count). The summed E-state index contributed by atoms with van der Waals surface area (Å²) in [6, 6.07) is 4.52. The molecule has 0 aliphatic carbocycles. The van der Waals surface area contributed by atoms with Crippen LogP contribution in [0.5, 0.6) is 11.5 Å². The average molecular weight is 211 g/mol. The molecular weight excluding hydrogens is 202 g/mol. The lowest BCUT2D eigenvalue weighted by Crippen LogP contribution is -2.30. The molecule has 0 spiro atoms. The van der Waals surface area contributed by atoms with Gasteiger partial charge >= 0.3 is 5.69 Å². The Bertz CT molecular complexity index is 392. The van der Waals surface area contributed by atoms with Gasteiger partial charge in [0.05, 0.1) is 4.92 Å². The highest BCUT2D eigenvalue weighted by molar-refractivity contribution is 5.56. The lowest BCUT2D eigenvalue weighted by Gasteiger charge is -2.24. The minimum absolute atomic E-state index is 0.0953. The van der Waals surface area contributed by atoms with Gasteiger partial charge in [-0.3, -0.25) is 10.1 Å². The van der Waals surface area contributed by atoms with Gasteiger partial charge in [-0.15, -0.1) is 0 Å². The van der Waals surface area contributed by atoms with Crippen molar-refractivity contribution < 1.29 is 19.1 Å². The molecule has 15 heavy (non-hydrogen) atoms. The van der Waals surface area contributed by atoms with E-state index in [2.05, 4.69) is 0 Å². The molecule has 1 aliphatic rings. The van der Waals surface area contributed by atoms with Crippen LogP contribution in [0, 0.1) is 10.1 Å². The molecule has 1 aliphatic heterocycles. The first-order valence-electron chi connectivity index (χ1n) is 4.32. The number of nitrogens with zero attached hydrogens (tertiary/aromatic N) is 1. The van der Waals surface area contributed by atoms with E-state index in [0.717, 1.165) is 0 Å². The number of hydrogen-bond acceptors (Lipinski definition) is 5. The number of ether oxygens (including phenoxy) is 3. The molecule has 0 aromatic heterocycles. The molecule has 6 nitrogen and oxygen atoms in total. The molecule has 1 heterocycles. The monoisotopic (exact) mass is 211 g/mol. The number of fused-ring (bicyclic) bond motifs is 1. The molecule has 0 saturated carbocycles. The topological polar surface area (TPSA) is 70.8 Å². The third-order valence-electron chi connectivity index (χ3n) is 2.04. The number of methoxy groups -OCH3 is 1. The summed E-state index contributed by atoms with van der Waals surface area (Å²) in [4.78, 5) is 10.2. The Kier molecular flexibility index (Phi) is 2.42. The summed E-state index contributed by atoms with van der Waals surface area (Å²) < 4.78 is 15.5. The highest BCUT2D eigenvalue weighted by Gasteiger charge is 2.27. The zero-order chi connectivity index (χ0) is 10.8. The average Bonchev–Trinajstić information content (AvgIpc) is 2.27. The Hall–Kier alpha value is -1.82. The summed E-state index contributed by atoms with van der Waals surface area (Å²) in [5, 5.41) is 10.7. The van der Waals surface area contributed by atoms with Crippen molar-refractivity contribution in [1.29, 1.82) is 0 Å². The fraction of sp³-hybridized carbons (Fsp3) is 0.333. The van der Waals surface area contributed by atoms with Gasteiger partial charge in [0.2, 0.25) is 12.0 Å². The molecule has 0 amide bonds. The van der Waals surface area contributed by atoms with Crippen molar-refractivity contribution in [1.82, 2.24) is 0 Å². The van der Waals surface area contributed by atoms with Gasteiger partial charge in [0.25, 0.3) is 0 Å². The zero-order valence-electron chi connectivity index (χ0n) is 8.00. The third kappa shape index (κ3) is 1.71. The summed E-state index contributed by atoms with van der Waals surface area (Å²) in [6.07, 6.45) is -0.514. The van der Waals surface area contributed by atoms with Crippen molar-refractivity contribution in [3.63, 3.8) is 0 Å². The first-order chi connectivity index (χ1) is 7.22. The second kappa shape index (κ2) is 3.74. The van der Waals surface area contributed by atoms with E-state index < -0.39 is 11.2 Å². The molecule has 0 saturated heterocycles. The quantitative estimate of drug-likeness (QED) is 0.545. The standard InChI is InChI=1S/C9H9NO5/c1-13-8-5-14-9-6(10(11)12)3-2-4-7(9)15-8/h2-4,8H,5H2,1H3/t8-/m1/s1. The minimum atomic E-state index is -0.514. The Morgan fingerprint density at radius 1 is 1.60 bits per heavy atom. The van der Waals surface area contributed by atoms with E-state index in [0.29, 0.717) is 5.75 Å². The molecule has 1 atom stereocenters. The van der Waals surface area contributed by atoms with Gasteiger partial charge in [-0.25, -0.2) is 0 Å². The zero-order valence-corrected chi connectivity index (χ0v) is 8.00. The van der Waals surface area contributed by atoms with Crippen LogP contribution in [-0.2, 0) is 4.74 Å². The van der Waals surface area contributed by atoms with Gasteiger partial charge in [-0.05, 0) is 6.07 Å². The minimum Gasteiger partial charge on any atom is -0.478 e. The lowest BCUT2D eigenvalue weighted by atomic mass is 10.2. The highest BCUT2D eigenvalue weighted by Crippen LogP contribution is 2.39. The van der Waals surface area contributed by atoms with Crippen LogP contribution in [0.4, 0.5) is 5.69 Å². The van der Waals surface area contributed by atoms with E-state index in [9.17, 15) is 10.1 Å². The Balaban J connectivity index is 2.37. The van der Waals surface area contributed by atoms with Gasteiger partial charge in [0.1, 0.15) is 0 Å². The van der Waals surface area contributed by atoms with Gasteiger partial charge in [-0.2, -0.15) is 0 Å². The van der Waals surface area contributed by atoms with Crippen LogP contribution < -0.4 is 9.47 Å². The van der Waals surface area contributed by atoms with Crippen molar-refractivity contribution >= 4 is 5.69 Å². The SMILES string of the molecule is CO[C@H]1COc2c(cccc2[N+](=O)[O-])O1. The van der Waals surface area contributed by atoms with E-state index in [1.165, 1.54) is 13.2 Å². The van der Waals surface area contributed by atoms with Crippen LogP contribution in [0.2, 0.25) is 0 Å². The number of nitro groups is 1. The van der Waals surface area contributed by atoms with Crippen LogP contribution in [0.15, 0.2) is 18.2 Å². The van der Waals surface area contributed by atoms with E-state index in [1.54, 1.807) is 12.1 Å². The third-order valence-corrected chi connectivity index (χ3v) is 2.04. The van der Waals surface area contributed by atoms with Crippen molar-refractivity contribution in [2.24, 2.45) is 0 Å². The van der Waals surface area contributed by atoms with Crippen molar-refractivity contribution in [2.45, 2.75) is 6.29 Å². The van der Waals surface area contributed by atoms with Crippen LogP contribution >= 0.6 is 0 Å². The predicted molar refractivity (Wildman–Crippen MR) is 50.0 cm³/mol. The summed E-state index contributed by atoms with van der Waals surface area (Å²) in [5.41, 5.74) is -0.0953. The van der Waals surface area contributed by atoms with E-state index in [1.807, 2.05) is 0 Å². The Labute approximate surface area is 85.5 Å². The van der Waals surface area contributed by atoms with Crippen LogP contribution in [0.3, 0.4) is 0 Å². The Morgan fingerprint density at radius 2 is 2.40 bits per heavy atom. The number of para-hydroxylation sites is 1. The second-order valence-corrected chi connectivity index (χ2v) is 2.96. The number of benzene rings is 1. The van der Waals surface area contributed by atoms with Crippen LogP contribution in [-0.4, -0.2) is 24.9 Å². The van der Waals surface area contributed by atoms with Gasteiger partial charge in [0.15, 0.2) is 12.4 Å². The summed E-state index contributed by atoms with van der Waals surface area (Å²) in [5.74, 6) is 0.498. The summed E-state index contributed by atoms with van der Waals surface area (Å²) in [7, 11) is 1.48. The number of nitro benzene ring substituents is 1. The maximum atomic E-state index is 10.7.